The molecule has 0 aliphatic rings. The molecule has 0 radical (unpaired) electrons. The van der Waals surface area contributed by atoms with E-state index in [1.807, 2.05) is 39.3 Å². The first-order chi connectivity index (χ1) is 11.6. The van der Waals surface area contributed by atoms with Crippen molar-refractivity contribution in [3.05, 3.63) is 42.6 Å². The van der Waals surface area contributed by atoms with Gasteiger partial charge in [0, 0.05) is 37.5 Å². The lowest BCUT2D eigenvalue weighted by Crippen LogP contribution is -2.27. The minimum Gasteiger partial charge on any atom is -0.475 e. The highest BCUT2D eigenvalue weighted by Gasteiger charge is 2.09. The summed E-state index contributed by atoms with van der Waals surface area (Å²) in [4.78, 5) is 6.48. The van der Waals surface area contributed by atoms with Gasteiger partial charge in [0.2, 0.25) is 5.88 Å². The molecule has 0 saturated carbocycles. The quantitative estimate of drug-likeness (QED) is 0.754. The van der Waals surface area contributed by atoms with E-state index >= 15 is 0 Å². The highest BCUT2D eigenvalue weighted by Crippen LogP contribution is 2.23. The number of ether oxygens (including phenoxy) is 1. The second kappa shape index (κ2) is 6.88. The van der Waals surface area contributed by atoms with Crippen LogP contribution in [0, 0.1) is 0 Å². The van der Waals surface area contributed by atoms with Crippen LogP contribution in [0.1, 0.15) is 13.3 Å². The van der Waals surface area contributed by atoms with Crippen molar-refractivity contribution in [2.24, 2.45) is 5.73 Å². The molecule has 0 saturated heterocycles. The molecule has 2 N–H and O–H groups in total. The van der Waals surface area contributed by atoms with Gasteiger partial charge < -0.3 is 15.4 Å². The molecule has 1 unspecified atom stereocenters. The fourth-order valence-electron chi connectivity index (χ4n) is 2.37. The summed E-state index contributed by atoms with van der Waals surface area (Å²) in [6, 6.07) is 12.0. The number of anilines is 1. The van der Waals surface area contributed by atoms with Gasteiger partial charge in [0.1, 0.15) is 6.61 Å². The zero-order chi connectivity index (χ0) is 17.1. The number of hydrogen-bond donors (Lipinski definition) is 1. The number of fused-ring (bicyclic) bond motifs is 1. The van der Waals surface area contributed by atoms with E-state index in [-0.39, 0.29) is 6.04 Å². The van der Waals surface area contributed by atoms with E-state index in [2.05, 4.69) is 39.2 Å². The van der Waals surface area contributed by atoms with Crippen LogP contribution in [-0.4, -0.2) is 41.3 Å². The average Bonchev–Trinajstić information content (AvgIpc) is 3.02. The minimum atomic E-state index is 0.0170. The summed E-state index contributed by atoms with van der Waals surface area (Å²) in [6.45, 7) is 2.49. The molecule has 24 heavy (non-hydrogen) atoms. The minimum absolute atomic E-state index is 0.0170. The second-order valence-corrected chi connectivity index (χ2v) is 6.01. The monoisotopic (exact) mass is 325 g/mol. The molecule has 6 nitrogen and oxygen atoms in total. The van der Waals surface area contributed by atoms with Gasteiger partial charge in [-0.15, -0.1) is 5.10 Å². The van der Waals surface area contributed by atoms with Crippen LogP contribution in [-0.2, 0) is 0 Å². The van der Waals surface area contributed by atoms with Crippen molar-refractivity contribution in [3.8, 4) is 17.1 Å². The van der Waals surface area contributed by atoms with Gasteiger partial charge in [-0.3, -0.25) is 0 Å². The fraction of sp³-hybridized carbons (Fsp3) is 0.333. The normalized spacial score (nSPS) is 12.3. The topological polar surface area (TPSA) is 68.7 Å². The Hall–Kier alpha value is -2.60. The predicted octanol–water partition coefficient (Wildman–Crippen LogP) is 2.58. The number of nitrogens with two attached hydrogens (primary N) is 1. The van der Waals surface area contributed by atoms with Crippen LogP contribution >= 0.6 is 0 Å². The van der Waals surface area contributed by atoms with Crippen molar-refractivity contribution in [1.82, 2.24) is 14.6 Å². The lowest BCUT2D eigenvalue weighted by atomic mass is 10.1. The van der Waals surface area contributed by atoms with Gasteiger partial charge in [-0.05, 0) is 24.6 Å². The number of imidazole rings is 1. The number of aromatic nitrogens is 3. The Morgan fingerprint density at radius 3 is 2.58 bits per heavy atom. The Morgan fingerprint density at radius 2 is 1.92 bits per heavy atom. The van der Waals surface area contributed by atoms with Crippen LogP contribution in [0.15, 0.2) is 42.6 Å². The van der Waals surface area contributed by atoms with Crippen LogP contribution in [0.3, 0.4) is 0 Å². The molecule has 3 rings (SSSR count). The summed E-state index contributed by atoms with van der Waals surface area (Å²) >= 11 is 0. The Morgan fingerprint density at radius 1 is 1.17 bits per heavy atom. The van der Waals surface area contributed by atoms with Crippen molar-refractivity contribution < 1.29 is 4.74 Å². The molecule has 0 spiro atoms. The molecule has 0 aliphatic heterocycles. The molecule has 126 valence electrons. The number of hydrogen-bond acceptors (Lipinski definition) is 5. The molecule has 3 aromatic rings. The average molecular weight is 325 g/mol. The Kier molecular flexibility index (Phi) is 4.66. The molecule has 0 bridgehead atoms. The summed E-state index contributed by atoms with van der Waals surface area (Å²) in [7, 11) is 4.05. The highest BCUT2D eigenvalue weighted by molar-refractivity contribution is 5.65. The van der Waals surface area contributed by atoms with E-state index in [1.165, 1.54) is 0 Å². The maximum Gasteiger partial charge on any atom is 0.231 e. The third-order valence-corrected chi connectivity index (χ3v) is 3.99. The fourth-order valence-corrected chi connectivity index (χ4v) is 2.37. The van der Waals surface area contributed by atoms with Crippen molar-refractivity contribution in [1.29, 1.82) is 0 Å². The third kappa shape index (κ3) is 3.33. The van der Waals surface area contributed by atoms with Gasteiger partial charge >= 0.3 is 0 Å². The van der Waals surface area contributed by atoms with E-state index < -0.39 is 0 Å². The standard InChI is InChI=1S/C18H23N5O/c1-4-14(19)12-24-18-10-9-17-20-11-16(23(17)21-18)13-5-7-15(8-6-13)22(2)3/h5-11,14H,4,12,19H2,1-3H3. The van der Waals surface area contributed by atoms with Crippen LogP contribution in [0.25, 0.3) is 16.9 Å². The Balaban J connectivity index is 1.90. The van der Waals surface area contributed by atoms with Crippen LogP contribution in [0.4, 0.5) is 5.69 Å². The van der Waals surface area contributed by atoms with Gasteiger partial charge in [0.15, 0.2) is 5.65 Å². The summed E-state index contributed by atoms with van der Waals surface area (Å²) in [5.74, 6) is 0.551. The molecule has 2 heterocycles. The zero-order valence-corrected chi connectivity index (χ0v) is 14.3. The van der Waals surface area contributed by atoms with Crippen molar-refractivity contribution in [2.45, 2.75) is 19.4 Å². The summed E-state index contributed by atoms with van der Waals surface area (Å²) in [6.07, 6.45) is 2.70. The van der Waals surface area contributed by atoms with Gasteiger partial charge in [-0.1, -0.05) is 19.1 Å². The third-order valence-electron chi connectivity index (χ3n) is 3.99. The molecule has 1 atom stereocenters. The molecule has 6 heteroatoms. The van der Waals surface area contributed by atoms with Crippen LogP contribution in [0.2, 0.25) is 0 Å². The van der Waals surface area contributed by atoms with E-state index in [0.29, 0.717) is 12.5 Å². The molecule has 0 aliphatic carbocycles. The van der Waals surface area contributed by atoms with Gasteiger partial charge in [-0.2, -0.15) is 0 Å². The molecule has 1 aromatic carbocycles. The van der Waals surface area contributed by atoms with E-state index in [9.17, 15) is 0 Å². The summed E-state index contributed by atoms with van der Waals surface area (Å²) in [5, 5.41) is 4.54. The van der Waals surface area contributed by atoms with Crippen LogP contribution < -0.4 is 15.4 Å². The maximum atomic E-state index is 5.90. The van der Waals surface area contributed by atoms with E-state index in [4.69, 9.17) is 10.5 Å². The van der Waals surface area contributed by atoms with Gasteiger partial charge in [-0.25, -0.2) is 9.50 Å². The number of rotatable bonds is 6. The van der Waals surface area contributed by atoms with Crippen LogP contribution in [0.5, 0.6) is 5.88 Å². The van der Waals surface area contributed by atoms with Crippen molar-refractivity contribution >= 4 is 11.3 Å². The smallest absolute Gasteiger partial charge is 0.231 e. The summed E-state index contributed by atoms with van der Waals surface area (Å²) in [5.41, 5.74) is 9.82. The Labute approximate surface area is 141 Å². The summed E-state index contributed by atoms with van der Waals surface area (Å²) < 4.78 is 7.49. The molecule has 0 amide bonds. The first-order valence-electron chi connectivity index (χ1n) is 8.09. The van der Waals surface area contributed by atoms with Gasteiger partial charge in [0.05, 0.1) is 11.9 Å². The number of benzene rings is 1. The SMILES string of the molecule is CCC(N)COc1ccc2ncc(-c3ccc(N(C)C)cc3)n2n1. The zero-order valence-electron chi connectivity index (χ0n) is 14.3. The molecular formula is C18H23N5O. The molecular weight excluding hydrogens is 302 g/mol. The van der Waals surface area contributed by atoms with Gasteiger partial charge in [0.25, 0.3) is 0 Å². The first kappa shape index (κ1) is 16.3. The Bertz CT molecular complexity index is 810. The lowest BCUT2D eigenvalue weighted by Gasteiger charge is -2.13. The first-order valence-corrected chi connectivity index (χ1v) is 8.09. The molecule has 0 fully saturated rings. The van der Waals surface area contributed by atoms with E-state index in [0.717, 1.165) is 29.0 Å². The second-order valence-electron chi connectivity index (χ2n) is 6.01. The predicted molar refractivity (Wildman–Crippen MR) is 96.5 cm³/mol. The van der Waals surface area contributed by atoms with Crippen molar-refractivity contribution in [3.63, 3.8) is 0 Å². The number of nitrogens with zero attached hydrogens (tertiary/aromatic N) is 4. The van der Waals surface area contributed by atoms with E-state index in [1.54, 1.807) is 4.52 Å². The lowest BCUT2D eigenvalue weighted by molar-refractivity contribution is 0.271. The largest absolute Gasteiger partial charge is 0.475 e. The highest BCUT2D eigenvalue weighted by atomic mass is 16.5. The maximum absolute atomic E-state index is 5.90. The van der Waals surface area contributed by atoms with Crippen molar-refractivity contribution in [2.75, 3.05) is 25.6 Å². The molecule has 2 aromatic heterocycles.